The van der Waals surface area contributed by atoms with Gasteiger partial charge in [-0.25, -0.2) is 0 Å². The second-order valence-corrected chi connectivity index (χ2v) is 15.1. The molecule has 4 aromatic rings. The number of nitrogens with one attached hydrogen (secondary N) is 1. The number of anilines is 1. The van der Waals surface area contributed by atoms with E-state index in [1.54, 1.807) is 32.4 Å². The number of rotatable bonds is 14. The maximum absolute atomic E-state index is 11.9. The van der Waals surface area contributed by atoms with Crippen LogP contribution in [0.25, 0.3) is 0 Å². The Morgan fingerprint density at radius 2 is 1.83 bits per heavy atom. The van der Waals surface area contributed by atoms with Crippen molar-refractivity contribution < 1.29 is 9.47 Å². The minimum atomic E-state index is 0.119. The lowest BCUT2D eigenvalue weighted by atomic mass is 9.64. The van der Waals surface area contributed by atoms with E-state index < -0.39 is 0 Å². The van der Waals surface area contributed by atoms with Gasteiger partial charge in [0.1, 0.15) is 0 Å². The van der Waals surface area contributed by atoms with E-state index in [4.69, 9.17) is 32.2 Å². The highest BCUT2D eigenvalue weighted by atomic mass is 35.5. The van der Waals surface area contributed by atoms with Crippen LogP contribution in [0.5, 0.6) is 11.5 Å². The van der Waals surface area contributed by atoms with Gasteiger partial charge in [-0.05, 0) is 108 Å². The first kappa shape index (κ1) is 35.8. The van der Waals surface area contributed by atoms with Gasteiger partial charge in [-0.1, -0.05) is 60.0 Å². The van der Waals surface area contributed by atoms with Gasteiger partial charge in [0.25, 0.3) is 0 Å². The van der Waals surface area contributed by atoms with Crippen molar-refractivity contribution >= 4 is 23.0 Å². The first-order valence-corrected chi connectivity index (χ1v) is 18.9. The lowest BCUT2D eigenvalue weighted by Gasteiger charge is -2.40. The largest absolute Gasteiger partial charge is 0.493 e. The van der Waals surface area contributed by atoms with Crippen molar-refractivity contribution in [3.05, 3.63) is 116 Å². The predicted molar refractivity (Wildman–Crippen MR) is 205 cm³/mol. The zero-order valence-electron chi connectivity index (χ0n) is 30.1. The molecule has 3 aromatic carbocycles. The Balaban J connectivity index is 0.932. The molecule has 2 heterocycles. The summed E-state index contributed by atoms with van der Waals surface area (Å²) in [5, 5.41) is 22.0. The van der Waals surface area contributed by atoms with Crippen LogP contribution < -0.4 is 15.2 Å². The van der Waals surface area contributed by atoms with Gasteiger partial charge in [0.2, 0.25) is 0 Å². The molecule has 272 valence electrons. The number of ether oxygens (including phenoxy) is 2. The van der Waals surface area contributed by atoms with Crippen LogP contribution in [-0.2, 0) is 19.4 Å². The smallest absolute Gasteiger partial charge is 0.161 e. The fourth-order valence-corrected chi connectivity index (χ4v) is 9.14. The number of aryl methyl sites for hydroxylation is 1. The number of nitroso groups, excluding NO2 is 1. The Labute approximate surface area is 310 Å². The van der Waals surface area contributed by atoms with Crippen molar-refractivity contribution in [2.24, 2.45) is 22.9 Å². The van der Waals surface area contributed by atoms with E-state index in [0.717, 1.165) is 93.8 Å². The maximum atomic E-state index is 11.9. The van der Waals surface area contributed by atoms with Crippen molar-refractivity contribution in [3.8, 4) is 11.5 Å². The van der Waals surface area contributed by atoms with Crippen molar-refractivity contribution in [3.63, 3.8) is 0 Å². The van der Waals surface area contributed by atoms with Crippen LogP contribution in [0, 0.1) is 28.1 Å². The Kier molecular flexibility index (Phi) is 11.0. The average Bonchev–Trinajstić information content (AvgIpc) is 3.62. The molecule has 0 radical (unpaired) electrons. The highest BCUT2D eigenvalue weighted by molar-refractivity contribution is 6.31. The molecule has 7 rings (SSSR count). The number of hydrogen-bond acceptors (Lipinski definition) is 9. The topological polar surface area (TPSA) is 132 Å². The van der Waals surface area contributed by atoms with E-state index in [1.165, 1.54) is 16.7 Å². The first-order valence-electron chi connectivity index (χ1n) is 18.5. The number of unbranched alkanes of at least 4 members (excludes halogenated alkanes) is 1. The average molecular weight is 722 g/mol. The lowest BCUT2D eigenvalue weighted by Crippen LogP contribution is -2.37. The molecule has 1 aliphatic heterocycles. The number of nitrogen functional groups attached to an aromatic ring is 1. The van der Waals surface area contributed by atoms with Gasteiger partial charge in [-0.3, -0.25) is 15.0 Å². The molecule has 0 spiro atoms. The highest BCUT2D eigenvalue weighted by Gasteiger charge is 2.39. The molecule has 3 aliphatic rings. The van der Waals surface area contributed by atoms with Gasteiger partial charge in [0, 0.05) is 54.1 Å². The molecule has 1 fully saturated rings. The fraction of sp³-hybridized carbons (Fsp3) is 0.439. The molecular formula is C41H48ClN7O3. The van der Waals surface area contributed by atoms with E-state index in [2.05, 4.69) is 69.1 Å². The zero-order valence-corrected chi connectivity index (χ0v) is 30.8. The molecule has 2 aliphatic carbocycles. The van der Waals surface area contributed by atoms with Crippen LogP contribution in [0.3, 0.4) is 0 Å². The minimum absolute atomic E-state index is 0.119. The van der Waals surface area contributed by atoms with E-state index >= 15 is 0 Å². The van der Waals surface area contributed by atoms with Crippen molar-refractivity contribution in [2.45, 2.75) is 70.4 Å². The number of nitrogens with zero attached hydrogens (tertiary/aromatic N) is 5. The summed E-state index contributed by atoms with van der Waals surface area (Å²) in [5.41, 5.74) is 13.8. The molecule has 1 aromatic heterocycles. The third-order valence-electron chi connectivity index (χ3n) is 11.3. The molecule has 11 heteroatoms. The summed E-state index contributed by atoms with van der Waals surface area (Å²) in [6.45, 7) is 2.65. The Bertz CT molecular complexity index is 1940. The fourth-order valence-electron chi connectivity index (χ4n) is 8.95. The quantitative estimate of drug-likeness (QED) is 0.0578. The normalized spacial score (nSPS) is 21.4. The number of allylic oxidation sites excluding steroid dienone is 2. The van der Waals surface area contributed by atoms with Crippen LogP contribution in [0.1, 0.15) is 78.9 Å². The Hall–Kier alpha value is -4.54. The van der Waals surface area contributed by atoms with E-state index in [1.807, 2.05) is 4.68 Å². The number of fused-ring (bicyclic) bond motifs is 3. The maximum Gasteiger partial charge on any atom is 0.161 e. The van der Waals surface area contributed by atoms with Gasteiger partial charge in [0.05, 0.1) is 37.4 Å². The van der Waals surface area contributed by atoms with Gasteiger partial charge in [0.15, 0.2) is 11.5 Å². The molecule has 52 heavy (non-hydrogen) atoms. The summed E-state index contributed by atoms with van der Waals surface area (Å²) in [6, 6.07) is 20.3. The summed E-state index contributed by atoms with van der Waals surface area (Å²) in [6.07, 6.45) is 10.8. The highest BCUT2D eigenvalue weighted by Crippen LogP contribution is 2.48. The number of hydrogen-bond donors (Lipinski definition) is 2. The Morgan fingerprint density at radius 1 is 1.02 bits per heavy atom. The second-order valence-electron chi connectivity index (χ2n) is 14.6. The van der Waals surface area contributed by atoms with E-state index in [-0.39, 0.29) is 12.0 Å². The zero-order chi connectivity index (χ0) is 36.2. The number of benzene rings is 3. The van der Waals surface area contributed by atoms with E-state index in [0.29, 0.717) is 45.9 Å². The molecule has 4 atom stereocenters. The summed E-state index contributed by atoms with van der Waals surface area (Å²) >= 11 is 6.12. The second kappa shape index (κ2) is 16.0. The van der Waals surface area contributed by atoms with Crippen LogP contribution in [0.15, 0.2) is 83.3 Å². The number of halogens is 1. The summed E-state index contributed by atoms with van der Waals surface area (Å²) in [5.74, 6) is 2.68. The minimum Gasteiger partial charge on any atom is -0.493 e. The molecule has 2 bridgehead atoms. The third-order valence-corrected chi connectivity index (χ3v) is 11.6. The van der Waals surface area contributed by atoms with Crippen molar-refractivity contribution in [1.82, 2.24) is 19.9 Å². The molecule has 1 saturated carbocycles. The monoisotopic (exact) mass is 721 g/mol. The van der Waals surface area contributed by atoms with Crippen molar-refractivity contribution in [2.75, 3.05) is 33.0 Å². The van der Waals surface area contributed by atoms with Gasteiger partial charge < -0.3 is 15.2 Å². The molecular weight excluding hydrogens is 674 g/mol. The number of methoxy groups -OCH3 is 2. The lowest BCUT2D eigenvalue weighted by molar-refractivity contribution is 0.191. The first-order chi connectivity index (χ1) is 25.3. The van der Waals surface area contributed by atoms with Gasteiger partial charge in [-0.2, -0.15) is 0 Å². The van der Waals surface area contributed by atoms with Crippen LogP contribution in [-0.4, -0.2) is 52.9 Å². The summed E-state index contributed by atoms with van der Waals surface area (Å²) in [4.78, 5) is 14.4. The summed E-state index contributed by atoms with van der Waals surface area (Å²) < 4.78 is 13.3. The predicted octanol–water partition coefficient (Wildman–Crippen LogP) is 8.42. The van der Waals surface area contributed by atoms with Gasteiger partial charge in [-0.15, -0.1) is 10.0 Å². The number of aromatic nitrogens is 3. The SMILES string of the molecule is COc1cc2c(cc1OC)C(c1ccccc1)N(CCc1cn(CCCCC3CC4CC(N=O)=C(C(=N)c5ccc(Cl)cc5N)C(C3)C4)nn1)CC2. The molecule has 3 N–H and O–H groups in total. The third kappa shape index (κ3) is 7.64. The number of nitrogens with two attached hydrogens (primary N) is 1. The molecule has 0 saturated heterocycles. The van der Waals surface area contributed by atoms with Gasteiger partial charge >= 0.3 is 0 Å². The molecule has 10 nitrogen and oxygen atoms in total. The van der Waals surface area contributed by atoms with Crippen LogP contribution in [0.2, 0.25) is 5.02 Å². The standard InChI is InChI=1S/C41H48ClN7O3/c1-51-37-22-29-13-16-48(41(28-9-4-3-5-10-28)34(29)24-38(37)52-2)17-14-32-25-49(47-45-32)15-7-6-8-26-18-27-20-30(19-26)39(36(21-27)46-50)40(44)33-12-11-31(42)23-35(33)43/h3-5,9-12,22-27,30,41,44H,6-8,13-21,43H2,1-2H3. The van der Waals surface area contributed by atoms with E-state index in [9.17, 15) is 4.91 Å². The van der Waals surface area contributed by atoms with Crippen LogP contribution >= 0.6 is 11.6 Å². The Morgan fingerprint density at radius 3 is 2.60 bits per heavy atom. The van der Waals surface area contributed by atoms with Crippen molar-refractivity contribution in [1.29, 1.82) is 5.41 Å². The molecule has 4 unspecified atom stereocenters. The summed E-state index contributed by atoms with van der Waals surface area (Å²) in [7, 11) is 3.38. The van der Waals surface area contributed by atoms with Crippen LogP contribution in [0.4, 0.5) is 5.69 Å². The molecule has 0 amide bonds.